The number of aromatic nitrogens is 1. The van der Waals surface area contributed by atoms with Crippen LogP contribution in [0.2, 0.25) is 0 Å². The summed E-state index contributed by atoms with van der Waals surface area (Å²) in [6.07, 6.45) is 3.00. The molecule has 0 N–H and O–H groups in total. The summed E-state index contributed by atoms with van der Waals surface area (Å²) >= 11 is 0. The lowest BCUT2D eigenvalue weighted by Crippen LogP contribution is -1.82. The van der Waals surface area contributed by atoms with Gasteiger partial charge >= 0.3 is 0 Å². The number of rotatable bonds is 2. The number of nitrogens with zero attached hydrogens (tertiary/aromatic N) is 3. The zero-order valence-corrected chi connectivity index (χ0v) is 10.2. The van der Waals surface area contributed by atoms with Crippen LogP contribution in [0.5, 0.6) is 0 Å². The Bertz CT molecular complexity index is 848. The van der Waals surface area contributed by atoms with E-state index in [1.54, 1.807) is 24.3 Å². The lowest BCUT2D eigenvalue weighted by Gasteiger charge is -2.02. The minimum absolute atomic E-state index is 0.501. The second kappa shape index (κ2) is 4.86. The molecular weight excluding hydrogens is 254 g/mol. The highest BCUT2D eigenvalue weighted by Crippen LogP contribution is 2.26. The van der Waals surface area contributed by atoms with Gasteiger partial charge < -0.3 is 0 Å². The number of isocyanates is 2. The van der Waals surface area contributed by atoms with Crippen LogP contribution in [0.15, 0.2) is 52.4 Å². The minimum atomic E-state index is 0.501. The Hall–Kier alpha value is -3.13. The van der Waals surface area contributed by atoms with Crippen molar-refractivity contribution in [3.8, 4) is 0 Å². The molecule has 94 valence electrons. The van der Waals surface area contributed by atoms with Gasteiger partial charge in [-0.05, 0) is 30.3 Å². The number of pyridine rings is 1. The SMILES string of the molecule is O=C=Nc1ccc2cc3ccc(N=C=O)cc3nc2c1. The highest BCUT2D eigenvalue weighted by atomic mass is 16.1. The molecule has 0 unspecified atom stereocenters. The molecule has 0 saturated heterocycles. The van der Waals surface area contributed by atoms with Gasteiger partial charge in [-0.2, -0.15) is 9.98 Å². The first-order valence-electron chi connectivity index (χ1n) is 5.80. The van der Waals surface area contributed by atoms with E-state index in [1.807, 2.05) is 18.2 Å². The molecule has 0 bridgehead atoms. The summed E-state index contributed by atoms with van der Waals surface area (Å²) in [5.41, 5.74) is 2.42. The fourth-order valence-electron chi connectivity index (χ4n) is 2.04. The van der Waals surface area contributed by atoms with E-state index in [1.165, 1.54) is 12.2 Å². The summed E-state index contributed by atoms with van der Waals surface area (Å²) in [5, 5.41) is 1.88. The third kappa shape index (κ3) is 2.10. The van der Waals surface area contributed by atoms with Crippen LogP contribution < -0.4 is 0 Å². The van der Waals surface area contributed by atoms with Crippen LogP contribution in [0, 0.1) is 0 Å². The molecule has 0 aliphatic rings. The first kappa shape index (κ1) is 11.9. The lowest BCUT2D eigenvalue weighted by molar-refractivity contribution is 0.564. The number of benzene rings is 2. The van der Waals surface area contributed by atoms with Crippen LogP contribution in [0.4, 0.5) is 11.4 Å². The fourth-order valence-corrected chi connectivity index (χ4v) is 2.04. The number of aliphatic imine (C=N–C) groups is 2. The van der Waals surface area contributed by atoms with Crippen molar-refractivity contribution < 1.29 is 9.59 Å². The normalized spacial score (nSPS) is 10.0. The minimum Gasteiger partial charge on any atom is -0.248 e. The van der Waals surface area contributed by atoms with Crippen molar-refractivity contribution in [3.05, 3.63) is 42.5 Å². The summed E-state index contributed by atoms with van der Waals surface area (Å²) in [6.45, 7) is 0. The fraction of sp³-hybridized carbons (Fsp3) is 0. The molecule has 0 amide bonds. The van der Waals surface area contributed by atoms with Gasteiger partial charge in [-0.1, -0.05) is 12.1 Å². The van der Waals surface area contributed by atoms with Crippen molar-refractivity contribution in [1.82, 2.24) is 4.98 Å². The molecule has 3 rings (SSSR count). The topological polar surface area (TPSA) is 71.8 Å². The second-order valence-electron chi connectivity index (χ2n) is 4.15. The molecule has 5 nitrogen and oxygen atoms in total. The molecule has 0 saturated carbocycles. The van der Waals surface area contributed by atoms with E-state index in [4.69, 9.17) is 0 Å². The molecule has 5 heteroatoms. The smallest absolute Gasteiger partial charge is 0.240 e. The van der Waals surface area contributed by atoms with Gasteiger partial charge in [0, 0.05) is 10.8 Å². The molecular formula is C15H7N3O2. The van der Waals surface area contributed by atoms with E-state index < -0.39 is 0 Å². The Labute approximate surface area is 113 Å². The maximum absolute atomic E-state index is 10.3. The van der Waals surface area contributed by atoms with Gasteiger partial charge in [-0.3, -0.25) is 0 Å². The maximum Gasteiger partial charge on any atom is 0.240 e. The van der Waals surface area contributed by atoms with E-state index in [2.05, 4.69) is 15.0 Å². The van der Waals surface area contributed by atoms with E-state index in [0.29, 0.717) is 22.4 Å². The van der Waals surface area contributed by atoms with Crippen LogP contribution in [0.3, 0.4) is 0 Å². The molecule has 0 spiro atoms. The molecule has 3 aromatic rings. The van der Waals surface area contributed by atoms with Crippen molar-refractivity contribution in [2.45, 2.75) is 0 Å². The standard InChI is InChI=1S/C15H7N3O2/c19-8-16-12-3-1-10-5-11-2-4-13(17-9-20)7-15(11)18-14(10)6-12/h1-7H. The summed E-state index contributed by atoms with van der Waals surface area (Å²) in [6, 6.07) is 12.5. The second-order valence-corrected chi connectivity index (χ2v) is 4.15. The van der Waals surface area contributed by atoms with Crippen molar-refractivity contribution >= 4 is 45.3 Å². The first-order chi connectivity index (χ1) is 9.80. The van der Waals surface area contributed by atoms with Gasteiger partial charge in [0.05, 0.1) is 22.4 Å². The molecule has 1 aromatic heterocycles. The van der Waals surface area contributed by atoms with Crippen LogP contribution in [0.1, 0.15) is 0 Å². The van der Waals surface area contributed by atoms with Crippen molar-refractivity contribution in [2.24, 2.45) is 9.98 Å². The molecule has 0 aliphatic heterocycles. The Morgan fingerprint density at radius 3 is 1.70 bits per heavy atom. The van der Waals surface area contributed by atoms with Gasteiger partial charge in [-0.15, -0.1) is 0 Å². The zero-order valence-electron chi connectivity index (χ0n) is 10.2. The van der Waals surface area contributed by atoms with Crippen LogP contribution in [-0.2, 0) is 9.59 Å². The van der Waals surface area contributed by atoms with Gasteiger partial charge in [0.25, 0.3) is 0 Å². The number of carbonyl (C=O) groups excluding carboxylic acids is 2. The van der Waals surface area contributed by atoms with Crippen LogP contribution in [-0.4, -0.2) is 17.1 Å². The van der Waals surface area contributed by atoms with Crippen molar-refractivity contribution in [2.75, 3.05) is 0 Å². The summed E-state index contributed by atoms with van der Waals surface area (Å²) in [5.74, 6) is 0. The van der Waals surface area contributed by atoms with Crippen LogP contribution >= 0.6 is 0 Å². The Morgan fingerprint density at radius 1 is 0.750 bits per heavy atom. The monoisotopic (exact) mass is 261 g/mol. The number of hydrogen-bond acceptors (Lipinski definition) is 5. The summed E-state index contributed by atoms with van der Waals surface area (Å²) in [7, 11) is 0. The van der Waals surface area contributed by atoms with Gasteiger partial charge in [-0.25, -0.2) is 14.6 Å². The molecule has 0 aliphatic carbocycles. The largest absolute Gasteiger partial charge is 0.248 e. The molecule has 1 heterocycles. The zero-order chi connectivity index (χ0) is 13.9. The lowest BCUT2D eigenvalue weighted by atomic mass is 10.1. The van der Waals surface area contributed by atoms with Gasteiger partial charge in [0.15, 0.2) is 0 Å². The van der Waals surface area contributed by atoms with Crippen LogP contribution in [0.25, 0.3) is 21.8 Å². The Morgan fingerprint density at radius 2 is 1.25 bits per heavy atom. The van der Waals surface area contributed by atoms with E-state index in [0.717, 1.165) is 10.8 Å². The molecule has 20 heavy (non-hydrogen) atoms. The van der Waals surface area contributed by atoms with E-state index >= 15 is 0 Å². The van der Waals surface area contributed by atoms with Crippen molar-refractivity contribution in [1.29, 1.82) is 0 Å². The third-order valence-electron chi connectivity index (χ3n) is 2.93. The predicted molar refractivity (Wildman–Crippen MR) is 74.8 cm³/mol. The van der Waals surface area contributed by atoms with Crippen molar-refractivity contribution in [3.63, 3.8) is 0 Å². The molecule has 0 atom stereocenters. The third-order valence-corrected chi connectivity index (χ3v) is 2.93. The highest BCUT2D eigenvalue weighted by molar-refractivity contribution is 5.94. The average Bonchev–Trinajstić information content (AvgIpc) is 2.46. The summed E-state index contributed by atoms with van der Waals surface area (Å²) < 4.78 is 0. The Balaban J connectivity index is 2.29. The predicted octanol–water partition coefficient (Wildman–Crippen LogP) is 3.32. The van der Waals surface area contributed by atoms with Gasteiger partial charge in [0.2, 0.25) is 12.2 Å². The van der Waals surface area contributed by atoms with Gasteiger partial charge in [0.1, 0.15) is 0 Å². The number of hydrogen-bond donors (Lipinski definition) is 0. The van der Waals surface area contributed by atoms with E-state index in [-0.39, 0.29) is 0 Å². The summed E-state index contributed by atoms with van der Waals surface area (Å²) in [4.78, 5) is 32.2. The molecule has 2 aromatic carbocycles. The Kier molecular flexibility index (Phi) is 2.90. The number of fused-ring (bicyclic) bond motifs is 2. The first-order valence-corrected chi connectivity index (χ1v) is 5.80. The molecule has 0 fully saturated rings. The molecule has 0 radical (unpaired) electrons. The average molecular weight is 261 g/mol. The van der Waals surface area contributed by atoms with E-state index in [9.17, 15) is 9.59 Å². The maximum atomic E-state index is 10.3. The quantitative estimate of drug-likeness (QED) is 0.403. The highest BCUT2D eigenvalue weighted by Gasteiger charge is 2.02.